The Morgan fingerprint density at radius 2 is 2.25 bits per heavy atom. The fourth-order valence-corrected chi connectivity index (χ4v) is 2.53. The molecule has 3 N–H and O–H groups in total. The smallest absolute Gasteiger partial charge is 0.324 e. The van der Waals surface area contributed by atoms with Crippen molar-refractivity contribution in [3.63, 3.8) is 0 Å². The van der Waals surface area contributed by atoms with Gasteiger partial charge >= 0.3 is 6.03 Å². The molecule has 0 aliphatic carbocycles. The van der Waals surface area contributed by atoms with Crippen LogP contribution in [0.3, 0.4) is 0 Å². The van der Waals surface area contributed by atoms with Gasteiger partial charge in [0.15, 0.2) is 5.96 Å². The van der Waals surface area contributed by atoms with Gasteiger partial charge in [0, 0.05) is 11.6 Å². The predicted molar refractivity (Wildman–Crippen MR) is 94.1 cm³/mol. The number of nitrogens with one attached hydrogen (secondary N) is 3. The quantitative estimate of drug-likeness (QED) is 0.412. The van der Waals surface area contributed by atoms with Crippen molar-refractivity contribution in [2.45, 2.75) is 19.9 Å². The van der Waals surface area contributed by atoms with Gasteiger partial charge in [0.1, 0.15) is 0 Å². The van der Waals surface area contributed by atoms with Crippen molar-refractivity contribution < 1.29 is 9.59 Å². The molecular weight excluding hydrogens is 330 g/mol. The fourth-order valence-electron chi connectivity index (χ4n) is 2.33. The number of carbonyl (C=O) groups is 2. The van der Waals surface area contributed by atoms with Gasteiger partial charge in [-0.15, -0.1) is 0 Å². The summed E-state index contributed by atoms with van der Waals surface area (Å²) in [5.41, 5.74) is 1.04. The molecule has 0 aromatic heterocycles. The van der Waals surface area contributed by atoms with E-state index in [9.17, 15) is 9.59 Å². The SMILES string of the molecule is CCNC(=NCCN1C(=O)CNC1=O)NC(C)c1cccc(Cl)c1. The topological polar surface area (TPSA) is 85.8 Å². The molecule has 7 nitrogen and oxygen atoms in total. The summed E-state index contributed by atoms with van der Waals surface area (Å²) in [5, 5.41) is 9.60. The maximum Gasteiger partial charge on any atom is 0.324 e. The van der Waals surface area contributed by atoms with E-state index in [-0.39, 0.29) is 31.1 Å². The average molecular weight is 352 g/mol. The average Bonchev–Trinajstić information content (AvgIpc) is 2.86. The molecule has 8 heteroatoms. The normalized spacial score (nSPS) is 16.1. The van der Waals surface area contributed by atoms with Crippen LogP contribution in [-0.2, 0) is 4.79 Å². The van der Waals surface area contributed by atoms with E-state index in [1.54, 1.807) is 0 Å². The molecule has 1 aliphatic rings. The van der Waals surface area contributed by atoms with Gasteiger partial charge in [-0.1, -0.05) is 23.7 Å². The zero-order valence-electron chi connectivity index (χ0n) is 13.8. The third-order valence-corrected chi connectivity index (χ3v) is 3.81. The number of nitrogens with zero attached hydrogens (tertiary/aromatic N) is 2. The first-order chi connectivity index (χ1) is 11.5. The van der Waals surface area contributed by atoms with Crippen molar-refractivity contribution in [3.8, 4) is 0 Å². The third-order valence-electron chi connectivity index (χ3n) is 3.58. The first-order valence-electron chi connectivity index (χ1n) is 7.89. The summed E-state index contributed by atoms with van der Waals surface area (Å²) < 4.78 is 0. The Labute approximate surface area is 146 Å². The highest BCUT2D eigenvalue weighted by Gasteiger charge is 2.27. The molecule has 0 bridgehead atoms. The zero-order valence-corrected chi connectivity index (χ0v) is 14.6. The molecule has 3 amide bonds. The summed E-state index contributed by atoms with van der Waals surface area (Å²) in [5.74, 6) is 0.400. The molecule has 1 fully saturated rings. The molecule has 1 aliphatic heterocycles. The molecule has 1 heterocycles. The Kier molecular flexibility index (Phi) is 6.43. The lowest BCUT2D eigenvalue weighted by Crippen LogP contribution is -2.40. The molecule has 0 saturated carbocycles. The van der Waals surface area contributed by atoms with Crippen molar-refractivity contribution in [1.29, 1.82) is 0 Å². The molecule has 24 heavy (non-hydrogen) atoms. The van der Waals surface area contributed by atoms with Crippen LogP contribution in [0.4, 0.5) is 4.79 Å². The number of aliphatic imine (C=N–C) groups is 1. The van der Waals surface area contributed by atoms with Gasteiger partial charge in [-0.05, 0) is 31.5 Å². The second-order valence-corrected chi connectivity index (χ2v) is 5.82. The van der Waals surface area contributed by atoms with Gasteiger partial charge in [-0.3, -0.25) is 14.7 Å². The number of imide groups is 1. The molecule has 130 valence electrons. The van der Waals surface area contributed by atoms with E-state index >= 15 is 0 Å². The minimum Gasteiger partial charge on any atom is -0.357 e. The van der Waals surface area contributed by atoms with Crippen LogP contribution in [0.2, 0.25) is 5.02 Å². The summed E-state index contributed by atoms with van der Waals surface area (Å²) >= 11 is 6.02. The van der Waals surface area contributed by atoms with E-state index in [2.05, 4.69) is 20.9 Å². The molecule has 2 rings (SSSR count). The monoisotopic (exact) mass is 351 g/mol. The maximum absolute atomic E-state index is 11.5. The minimum atomic E-state index is -0.361. The Hall–Kier alpha value is -2.28. The molecule has 0 spiro atoms. The summed E-state index contributed by atoms with van der Waals surface area (Å²) in [7, 11) is 0. The highest BCUT2D eigenvalue weighted by atomic mass is 35.5. The Morgan fingerprint density at radius 1 is 1.46 bits per heavy atom. The number of halogens is 1. The highest BCUT2D eigenvalue weighted by Crippen LogP contribution is 2.17. The van der Waals surface area contributed by atoms with Gasteiger partial charge in [0.05, 0.1) is 25.7 Å². The van der Waals surface area contributed by atoms with Crippen molar-refractivity contribution in [2.75, 3.05) is 26.2 Å². The molecule has 1 aromatic rings. The summed E-state index contributed by atoms with van der Waals surface area (Å²) in [6.07, 6.45) is 0. The second-order valence-electron chi connectivity index (χ2n) is 5.39. The van der Waals surface area contributed by atoms with Crippen LogP contribution < -0.4 is 16.0 Å². The highest BCUT2D eigenvalue weighted by molar-refractivity contribution is 6.30. The van der Waals surface area contributed by atoms with Crippen molar-refractivity contribution >= 4 is 29.5 Å². The molecule has 1 atom stereocenters. The largest absolute Gasteiger partial charge is 0.357 e. The van der Waals surface area contributed by atoms with Crippen LogP contribution in [-0.4, -0.2) is 49.0 Å². The standard InChI is InChI=1S/C16H22ClN5O2/c1-3-18-15(19-7-8-22-14(23)10-20-16(22)24)21-11(2)12-5-4-6-13(17)9-12/h4-6,9,11H,3,7-8,10H2,1-2H3,(H,20,24)(H2,18,19,21). The molecular formula is C16H22ClN5O2. The minimum absolute atomic E-state index is 0.0122. The molecule has 1 saturated heterocycles. The van der Waals surface area contributed by atoms with Crippen molar-refractivity contribution in [1.82, 2.24) is 20.9 Å². The number of benzene rings is 1. The zero-order chi connectivity index (χ0) is 17.5. The number of rotatable bonds is 6. The van der Waals surface area contributed by atoms with Gasteiger partial charge in [0.25, 0.3) is 0 Å². The van der Waals surface area contributed by atoms with Gasteiger partial charge in [-0.2, -0.15) is 0 Å². The number of hydrogen-bond acceptors (Lipinski definition) is 3. The lowest BCUT2D eigenvalue weighted by Gasteiger charge is -2.19. The predicted octanol–water partition coefficient (Wildman–Crippen LogP) is 1.51. The Bertz CT molecular complexity index is 619. The van der Waals surface area contributed by atoms with E-state index in [1.165, 1.54) is 4.90 Å². The van der Waals surface area contributed by atoms with E-state index in [0.29, 0.717) is 24.1 Å². The molecule has 0 radical (unpaired) electrons. The van der Waals surface area contributed by atoms with Gasteiger partial charge < -0.3 is 16.0 Å². The Morgan fingerprint density at radius 3 is 2.88 bits per heavy atom. The number of guanidine groups is 1. The molecule has 1 unspecified atom stereocenters. The lowest BCUT2D eigenvalue weighted by molar-refractivity contribution is -0.124. The van der Waals surface area contributed by atoms with Crippen LogP contribution in [0.1, 0.15) is 25.5 Å². The van der Waals surface area contributed by atoms with E-state index in [1.807, 2.05) is 38.1 Å². The molecule has 1 aromatic carbocycles. The van der Waals surface area contributed by atoms with Crippen molar-refractivity contribution in [3.05, 3.63) is 34.9 Å². The van der Waals surface area contributed by atoms with E-state index in [0.717, 1.165) is 5.56 Å². The first-order valence-corrected chi connectivity index (χ1v) is 8.27. The summed E-state index contributed by atoms with van der Waals surface area (Å²) in [6.45, 7) is 5.34. The van der Waals surface area contributed by atoms with Gasteiger partial charge in [-0.25, -0.2) is 4.79 Å². The number of urea groups is 1. The lowest BCUT2D eigenvalue weighted by atomic mass is 10.1. The fraction of sp³-hybridized carbons (Fsp3) is 0.438. The van der Waals surface area contributed by atoms with Crippen LogP contribution in [0.25, 0.3) is 0 Å². The summed E-state index contributed by atoms with van der Waals surface area (Å²) in [6, 6.07) is 7.27. The van der Waals surface area contributed by atoms with E-state index < -0.39 is 0 Å². The van der Waals surface area contributed by atoms with Gasteiger partial charge in [0.2, 0.25) is 5.91 Å². The summed E-state index contributed by atoms with van der Waals surface area (Å²) in [4.78, 5) is 28.6. The first kappa shape index (κ1) is 18.1. The number of carbonyl (C=O) groups excluding carboxylic acids is 2. The van der Waals surface area contributed by atoms with Crippen LogP contribution in [0.15, 0.2) is 29.3 Å². The number of hydrogen-bond donors (Lipinski definition) is 3. The third kappa shape index (κ3) is 4.86. The van der Waals surface area contributed by atoms with Crippen LogP contribution in [0.5, 0.6) is 0 Å². The van der Waals surface area contributed by atoms with Crippen molar-refractivity contribution in [2.24, 2.45) is 4.99 Å². The second kappa shape index (κ2) is 8.54. The van der Waals surface area contributed by atoms with Crippen LogP contribution >= 0.6 is 11.6 Å². The maximum atomic E-state index is 11.5. The Balaban J connectivity index is 1.95. The number of amides is 3. The van der Waals surface area contributed by atoms with E-state index in [4.69, 9.17) is 11.6 Å². The van der Waals surface area contributed by atoms with Crippen LogP contribution in [0, 0.1) is 0 Å².